The van der Waals surface area contributed by atoms with Gasteiger partial charge in [0.25, 0.3) is 0 Å². The number of likely N-dealkylation sites (tertiary alicyclic amines) is 1. The van der Waals surface area contributed by atoms with Gasteiger partial charge in [-0.15, -0.1) is 0 Å². The SMILES string of the molecule is Cc1ccc(C)c(CN2C[C@]34C=C[C@H](O3)C(C(=O)N(C)Cc3ccno3)C4C2=O)c1. The zero-order valence-electron chi connectivity index (χ0n) is 17.4. The fraction of sp³-hybridized carbons (Fsp3) is 0.435. The molecule has 2 fully saturated rings. The number of amides is 2. The fourth-order valence-electron chi connectivity index (χ4n) is 5.06. The largest absolute Gasteiger partial charge is 0.360 e. The summed E-state index contributed by atoms with van der Waals surface area (Å²) in [6.45, 7) is 5.43. The molecule has 3 aliphatic rings. The third-order valence-corrected chi connectivity index (χ3v) is 6.59. The van der Waals surface area contributed by atoms with Gasteiger partial charge in [-0.3, -0.25) is 9.59 Å². The molecule has 0 aliphatic carbocycles. The van der Waals surface area contributed by atoms with Crippen molar-refractivity contribution in [1.82, 2.24) is 15.0 Å². The van der Waals surface area contributed by atoms with Gasteiger partial charge in [0.1, 0.15) is 5.60 Å². The van der Waals surface area contributed by atoms with E-state index in [0.717, 1.165) is 11.1 Å². The molecule has 3 aliphatic heterocycles. The van der Waals surface area contributed by atoms with Crippen LogP contribution in [0.2, 0.25) is 0 Å². The van der Waals surface area contributed by atoms with E-state index in [1.807, 2.05) is 17.1 Å². The van der Waals surface area contributed by atoms with E-state index in [1.165, 1.54) is 5.56 Å². The molecule has 156 valence electrons. The van der Waals surface area contributed by atoms with Gasteiger partial charge >= 0.3 is 0 Å². The minimum atomic E-state index is -0.702. The van der Waals surface area contributed by atoms with Gasteiger partial charge in [-0.25, -0.2) is 0 Å². The molecule has 0 saturated carbocycles. The van der Waals surface area contributed by atoms with E-state index in [2.05, 4.69) is 37.2 Å². The Labute approximate surface area is 175 Å². The molecule has 2 bridgehead atoms. The van der Waals surface area contributed by atoms with Crippen molar-refractivity contribution in [1.29, 1.82) is 0 Å². The Morgan fingerprint density at radius 1 is 1.33 bits per heavy atom. The first-order valence-electron chi connectivity index (χ1n) is 10.2. The smallest absolute Gasteiger partial charge is 0.230 e. The van der Waals surface area contributed by atoms with Crippen LogP contribution in [-0.4, -0.2) is 52.1 Å². The third kappa shape index (κ3) is 2.88. The lowest BCUT2D eigenvalue weighted by Gasteiger charge is -2.27. The number of benzene rings is 1. The summed E-state index contributed by atoms with van der Waals surface area (Å²) in [5.41, 5.74) is 2.75. The van der Waals surface area contributed by atoms with Crippen molar-refractivity contribution in [3.05, 3.63) is 65.1 Å². The zero-order valence-corrected chi connectivity index (χ0v) is 17.4. The first-order valence-corrected chi connectivity index (χ1v) is 10.2. The predicted octanol–water partition coefficient (Wildman–Crippen LogP) is 2.23. The average molecular weight is 407 g/mol. The Bertz CT molecular complexity index is 1030. The van der Waals surface area contributed by atoms with E-state index in [1.54, 1.807) is 24.2 Å². The third-order valence-electron chi connectivity index (χ3n) is 6.59. The summed E-state index contributed by atoms with van der Waals surface area (Å²) in [5.74, 6) is -0.500. The van der Waals surface area contributed by atoms with E-state index in [9.17, 15) is 9.59 Å². The monoisotopic (exact) mass is 407 g/mol. The Hall–Kier alpha value is -2.93. The number of rotatable bonds is 5. The van der Waals surface area contributed by atoms with Crippen LogP contribution >= 0.6 is 0 Å². The summed E-state index contributed by atoms with van der Waals surface area (Å²) in [6.07, 6.45) is 5.13. The molecule has 1 spiro atoms. The van der Waals surface area contributed by atoms with Gasteiger partial charge in [-0.1, -0.05) is 41.1 Å². The van der Waals surface area contributed by atoms with Crippen LogP contribution in [0.15, 0.2) is 47.1 Å². The summed E-state index contributed by atoms with van der Waals surface area (Å²) in [5, 5.41) is 3.69. The van der Waals surface area contributed by atoms with Gasteiger partial charge < -0.3 is 19.1 Å². The highest BCUT2D eigenvalue weighted by molar-refractivity contribution is 5.93. The number of hydrogen-bond acceptors (Lipinski definition) is 5. The highest BCUT2D eigenvalue weighted by Gasteiger charge is 2.67. The molecule has 4 heterocycles. The number of aromatic nitrogens is 1. The van der Waals surface area contributed by atoms with E-state index >= 15 is 0 Å². The number of fused-ring (bicyclic) bond motifs is 1. The van der Waals surface area contributed by atoms with Crippen molar-refractivity contribution in [2.45, 2.75) is 38.6 Å². The molecule has 2 aromatic rings. The lowest BCUT2D eigenvalue weighted by atomic mass is 9.76. The second kappa shape index (κ2) is 6.80. The van der Waals surface area contributed by atoms with Crippen molar-refractivity contribution in [2.75, 3.05) is 13.6 Å². The predicted molar refractivity (Wildman–Crippen MR) is 108 cm³/mol. The highest BCUT2D eigenvalue weighted by Crippen LogP contribution is 2.52. The van der Waals surface area contributed by atoms with Gasteiger partial charge in [-0.05, 0) is 25.0 Å². The average Bonchev–Trinajstić information content (AvgIpc) is 3.47. The second-order valence-electron chi connectivity index (χ2n) is 8.70. The number of nitrogens with zero attached hydrogens (tertiary/aromatic N) is 3. The standard InChI is InChI=1S/C23H25N3O4/c1-14-4-5-15(2)16(10-14)11-26-13-23-8-6-18(29-23)19(20(23)22(26)28)21(27)25(3)12-17-7-9-24-30-17/h4-10,18-20H,11-13H2,1-3H3/t18-,19?,20?,23-/m0/s1. The second-order valence-corrected chi connectivity index (χ2v) is 8.70. The Kier molecular flexibility index (Phi) is 4.32. The molecule has 0 N–H and O–H groups in total. The van der Waals surface area contributed by atoms with Gasteiger partial charge in [-0.2, -0.15) is 0 Å². The Balaban J connectivity index is 1.38. The fourth-order valence-corrected chi connectivity index (χ4v) is 5.06. The first kappa shape index (κ1) is 19.1. The van der Waals surface area contributed by atoms with Crippen LogP contribution in [0, 0.1) is 25.7 Å². The molecule has 2 amide bonds. The maximum absolute atomic E-state index is 13.4. The number of ether oxygens (including phenoxy) is 1. The maximum atomic E-state index is 13.4. The van der Waals surface area contributed by atoms with Gasteiger partial charge in [0.15, 0.2) is 5.76 Å². The van der Waals surface area contributed by atoms with Crippen molar-refractivity contribution in [2.24, 2.45) is 11.8 Å². The number of hydrogen-bond donors (Lipinski definition) is 0. The molecule has 0 radical (unpaired) electrons. The van der Waals surface area contributed by atoms with Crippen LogP contribution in [0.5, 0.6) is 0 Å². The summed E-state index contributed by atoms with van der Waals surface area (Å²) >= 11 is 0. The zero-order chi connectivity index (χ0) is 21.0. The van der Waals surface area contributed by atoms with Crippen LogP contribution in [0.25, 0.3) is 0 Å². The summed E-state index contributed by atoms with van der Waals surface area (Å²) in [7, 11) is 1.72. The minimum Gasteiger partial charge on any atom is -0.360 e. The van der Waals surface area contributed by atoms with Crippen molar-refractivity contribution in [3.63, 3.8) is 0 Å². The quantitative estimate of drug-likeness (QED) is 0.711. The molecular weight excluding hydrogens is 382 g/mol. The van der Waals surface area contributed by atoms with Crippen LogP contribution in [0.1, 0.15) is 22.5 Å². The van der Waals surface area contributed by atoms with E-state index < -0.39 is 17.4 Å². The van der Waals surface area contributed by atoms with Crippen LogP contribution < -0.4 is 0 Å². The number of aryl methyl sites for hydroxylation is 2. The first-order chi connectivity index (χ1) is 14.4. The van der Waals surface area contributed by atoms with E-state index in [4.69, 9.17) is 9.26 Å². The van der Waals surface area contributed by atoms with Crippen LogP contribution in [0.3, 0.4) is 0 Å². The molecule has 7 heteroatoms. The summed E-state index contributed by atoms with van der Waals surface area (Å²) in [6, 6.07) is 8.01. The molecule has 1 aromatic carbocycles. The molecule has 1 aromatic heterocycles. The van der Waals surface area contributed by atoms with Gasteiger partial charge in [0, 0.05) is 19.7 Å². The van der Waals surface area contributed by atoms with E-state index in [-0.39, 0.29) is 17.9 Å². The summed E-state index contributed by atoms with van der Waals surface area (Å²) < 4.78 is 11.4. The van der Waals surface area contributed by atoms with Gasteiger partial charge in [0.05, 0.1) is 37.2 Å². The summed E-state index contributed by atoms with van der Waals surface area (Å²) in [4.78, 5) is 30.2. The lowest BCUT2D eigenvalue weighted by Crippen LogP contribution is -2.44. The number of carbonyl (C=O) groups is 2. The van der Waals surface area contributed by atoms with Crippen molar-refractivity contribution >= 4 is 11.8 Å². The lowest BCUT2D eigenvalue weighted by molar-refractivity contribution is -0.143. The van der Waals surface area contributed by atoms with E-state index in [0.29, 0.717) is 25.4 Å². The molecule has 30 heavy (non-hydrogen) atoms. The van der Waals surface area contributed by atoms with Crippen LogP contribution in [0.4, 0.5) is 0 Å². The van der Waals surface area contributed by atoms with Crippen molar-refractivity contribution < 1.29 is 18.8 Å². The molecule has 7 nitrogen and oxygen atoms in total. The van der Waals surface area contributed by atoms with Crippen molar-refractivity contribution in [3.8, 4) is 0 Å². The Morgan fingerprint density at radius 3 is 2.93 bits per heavy atom. The van der Waals surface area contributed by atoms with Crippen LogP contribution in [-0.2, 0) is 27.4 Å². The maximum Gasteiger partial charge on any atom is 0.230 e. The number of carbonyl (C=O) groups excluding carboxylic acids is 2. The molecular formula is C23H25N3O4. The van der Waals surface area contributed by atoms with Gasteiger partial charge in [0.2, 0.25) is 11.8 Å². The topological polar surface area (TPSA) is 75.9 Å². The molecule has 4 atom stereocenters. The normalized spacial score (nSPS) is 29.0. The Morgan fingerprint density at radius 2 is 2.17 bits per heavy atom. The molecule has 5 rings (SSSR count). The molecule has 2 unspecified atom stereocenters. The minimum absolute atomic E-state index is 0.00540. The molecule has 2 saturated heterocycles. The highest BCUT2D eigenvalue weighted by atomic mass is 16.5.